The lowest BCUT2D eigenvalue weighted by atomic mass is 10.00. The van der Waals surface area contributed by atoms with Crippen LogP contribution in [0.15, 0.2) is 11.1 Å². The van der Waals surface area contributed by atoms with E-state index in [4.69, 9.17) is 11.6 Å². The Labute approximate surface area is 95.6 Å². The normalized spacial score (nSPS) is 26.2. The third kappa shape index (κ3) is 4.40. The lowest BCUT2D eigenvalue weighted by molar-refractivity contribution is -0.338. The molecule has 0 bridgehead atoms. The number of rotatable bonds is 2. The number of alkyl halides is 3. The van der Waals surface area contributed by atoms with Crippen LogP contribution in [0.25, 0.3) is 0 Å². The minimum atomic E-state index is -4.69. The molecule has 0 fully saturated rings. The molecule has 1 rings (SSSR count). The van der Waals surface area contributed by atoms with E-state index in [0.29, 0.717) is 6.42 Å². The Balaban J connectivity index is 2.59. The van der Waals surface area contributed by atoms with Crippen LogP contribution in [0.1, 0.15) is 19.8 Å². The van der Waals surface area contributed by atoms with Crippen LogP contribution in [-0.2, 0) is 9.53 Å². The van der Waals surface area contributed by atoms with Crippen molar-refractivity contribution in [2.24, 2.45) is 0 Å². The summed E-state index contributed by atoms with van der Waals surface area (Å²) in [5.41, 5.74) is 0. The summed E-state index contributed by atoms with van der Waals surface area (Å²) >= 11 is 5.65. The number of carbonyl (C=O) groups is 1. The summed E-state index contributed by atoms with van der Waals surface area (Å²) in [6.45, 7) is 1.33. The second-order valence-electron chi connectivity index (χ2n) is 3.49. The molecule has 1 aliphatic rings. The number of hydrogen-bond acceptors (Lipinski definition) is 2. The standard InChI is InChI=1S/C9H11ClF3NO2/c1-5(15)14-6-2-3-8(7(10)4-6)16-9(11,12)13/h4,6,8H,2-3H2,1H3,(H,14,15). The van der Waals surface area contributed by atoms with Crippen LogP contribution in [0, 0.1) is 0 Å². The summed E-state index contributed by atoms with van der Waals surface area (Å²) in [4.78, 5) is 10.7. The van der Waals surface area contributed by atoms with Gasteiger partial charge in [0.25, 0.3) is 0 Å². The molecule has 1 N–H and O–H groups in total. The number of amides is 1. The molecule has 0 spiro atoms. The van der Waals surface area contributed by atoms with Crippen molar-refractivity contribution in [1.29, 1.82) is 0 Å². The van der Waals surface area contributed by atoms with Crippen LogP contribution in [0.2, 0.25) is 0 Å². The van der Waals surface area contributed by atoms with Gasteiger partial charge in [-0.05, 0) is 18.9 Å². The van der Waals surface area contributed by atoms with Crippen molar-refractivity contribution in [2.75, 3.05) is 0 Å². The van der Waals surface area contributed by atoms with Gasteiger partial charge < -0.3 is 5.32 Å². The van der Waals surface area contributed by atoms with E-state index in [0.717, 1.165) is 0 Å². The zero-order valence-electron chi connectivity index (χ0n) is 8.47. The molecule has 0 aromatic heterocycles. The van der Waals surface area contributed by atoms with Crippen LogP contribution in [0.5, 0.6) is 0 Å². The fraction of sp³-hybridized carbons (Fsp3) is 0.667. The first kappa shape index (κ1) is 13.3. The predicted octanol–water partition coefficient (Wildman–Crippen LogP) is 2.31. The molecule has 0 heterocycles. The molecule has 0 saturated carbocycles. The summed E-state index contributed by atoms with van der Waals surface area (Å²) in [6.07, 6.45) is -3.98. The summed E-state index contributed by atoms with van der Waals surface area (Å²) in [5, 5.41) is 2.53. The van der Waals surface area contributed by atoms with Gasteiger partial charge in [0.1, 0.15) is 6.10 Å². The maximum absolute atomic E-state index is 11.9. The molecular weight excluding hydrogens is 247 g/mol. The van der Waals surface area contributed by atoms with Crippen LogP contribution < -0.4 is 5.32 Å². The van der Waals surface area contributed by atoms with E-state index in [1.807, 2.05) is 0 Å². The second kappa shape index (κ2) is 5.05. The van der Waals surface area contributed by atoms with E-state index in [9.17, 15) is 18.0 Å². The van der Waals surface area contributed by atoms with Crippen LogP contribution >= 0.6 is 11.6 Å². The number of halogens is 4. The lowest BCUT2D eigenvalue weighted by Gasteiger charge is -2.26. The highest BCUT2D eigenvalue weighted by molar-refractivity contribution is 6.30. The van der Waals surface area contributed by atoms with Crippen LogP contribution in [0.4, 0.5) is 13.2 Å². The van der Waals surface area contributed by atoms with Crippen molar-refractivity contribution < 1.29 is 22.7 Å². The third-order valence-electron chi connectivity index (χ3n) is 2.07. The lowest BCUT2D eigenvalue weighted by Crippen LogP contribution is -2.37. The van der Waals surface area contributed by atoms with Gasteiger partial charge in [0.2, 0.25) is 5.91 Å². The van der Waals surface area contributed by atoms with Gasteiger partial charge in [0, 0.05) is 18.0 Å². The van der Waals surface area contributed by atoms with E-state index in [2.05, 4.69) is 10.1 Å². The molecule has 0 radical (unpaired) electrons. The molecule has 0 aliphatic heterocycles. The second-order valence-corrected chi connectivity index (χ2v) is 3.92. The van der Waals surface area contributed by atoms with E-state index >= 15 is 0 Å². The monoisotopic (exact) mass is 257 g/mol. The van der Waals surface area contributed by atoms with Gasteiger partial charge in [0.05, 0.1) is 0 Å². The van der Waals surface area contributed by atoms with E-state index in [1.54, 1.807) is 0 Å². The number of carbonyl (C=O) groups excluding carboxylic acids is 1. The molecule has 0 aromatic rings. The molecule has 2 unspecified atom stereocenters. The zero-order chi connectivity index (χ0) is 12.3. The Hall–Kier alpha value is -0.750. The smallest absolute Gasteiger partial charge is 0.350 e. The average molecular weight is 258 g/mol. The highest BCUT2D eigenvalue weighted by Gasteiger charge is 2.36. The van der Waals surface area contributed by atoms with Crippen LogP contribution in [-0.4, -0.2) is 24.4 Å². The summed E-state index contributed by atoms with van der Waals surface area (Å²) in [6, 6.07) is -0.321. The van der Waals surface area contributed by atoms with E-state index in [1.165, 1.54) is 13.0 Å². The van der Waals surface area contributed by atoms with Crippen molar-refractivity contribution in [1.82, 2.24) is 5.32 Å². The van der Waals surface area contributed by atoms with Gasteiger partial charge in [-0.2, -0.15) is 0 Å². The number of ether oxygens (including phenoxy) is 1. The first-order valence-electron chi connectivity index (χ1n) is 4.67. The third-order valence-corrected chi connectivity index (χ3v) is 2.44. The molecule has 7 heteroatoms. The first-order valence-corrected chi connectivity index (χ1v) is 5.04. The van der Waals surface area contributed by atoms with Gasteiger partial charge in [-0.3, -0.25) is 9.53 Å². The van der Waals surface area contributed by atoms with Gasteiger partial charge in [-0.25, -0.2) is 0 Å². The predicted molar refractivity (Wildman–Crippen MR) is 51.7 cm³/mol. The minimum Gasteiger partial charge on any atom is -0.350 e. The minimum absolute atomic E-state index is 0.0256. The van der Waals surface area contributed by atoms with Crippen molar-refractivity contribution in [2.45, 2.75) is 38.3 Å². The Morgan fingerprint density at radius 3 is 2.62 bits per heavy atom. The highest BCUT2D eigenvalue weighted by atomic mass is 35.5. The van der Waals surface area contributed by atoms with Gasteiger partial charge in [0.15, 0.2) is 0 Å². The molecule has 0 aromatic carbocycles. The van der Waals surface area contributed by atoms with Crippen molar-refractivity contribution in [3.63, 3.8) is 0 Å². The van der Waals surface area contributed by atoms with E-state index in [-0.39, 0.29) is 23.4 Å². The molecule has 2 atom stereocenters. The SMILES string of the molecule is CC(=O)NC1C=C(Cl)C(OC(F)(F)F)CC1. The maximum Gasteiger partial charge on any atom is 0.523 e. The van der Waals surface area contributed by atoms with Crippen molar-refractivity contribution in [3.8, 4) is 0 Å². The Morgan fingerprint density at radius 2 is 2.19 bits per heavy atom. The van der Waals surface area contributed by atoms with Gasteiger partial charge in [-0.15, -0.1) is 13.2 Å². The molecule has 92 valence electrons. The highest BCUT2D eigenvalue weighted by Crippen LogP contribution is 2.30. The Morgan fingerprint density at radius 1 is 1.56 bits per heavy atom. The quantitative estimate of drug-likeness (QED) is 0.824. The molecule has 16 heavy (non-hydrogen) atoms. The summed E-state index contributed by atoms with van der Waals surface area (Å²) in [7, 11) is 0. The number of hydrogen-bond donors (Lipinski definition) is 1. The summed E-state index contributed by atoms with van der Waals surface area (Å²) < 4.78 is 39.7. The molecule has 0 saturated heterocycles. The topological polar surface area (TPSA) is 38.3 Å². The molecule has 1 aliphatic carbocycles. The zero-order valence-corrected chi connectivity index (χ0v) is 9.23. The fourth-order valence-electron chi connectivity index (χ4n) is 1.50. The largest absolute Gasteiger partial charge is 0.523 e. The van der Waals surface area contributed by atoms with Gasteiger partial charge in [-0.1, -0.05) is 11.6 Å². The Kier molecular flexibility index (Phi) is 4.21. The molecular formula is C9H11ClF3NO2. The van der Waals surface area contributed by atoms with Crippen molar-refractivity contribution >= 4 is 17.5 Å². The van der Waals surface area contributed by atoms with Gasteiger partial charge >= 0.3 is 6.36 Å². The molecule has 3 nitrogen and oxygen atoms in total. The first-order chi connectivity index (χ1) is 7.28. The summed E-state index contributed by atoms with van der Waals surface area (Å²) in [5.74, 6) is -0.249. The Bertz CT molecular complexity index is 304. The number of nitrogens with one attached hydrogen (secondary N) is 1. The maximum atomic E-state index is 11.9. The van der Waals surface area contributed by atoms with E-state index < -0.39 is 12.5 Å². The van der Waals surface area contributed by atoms with Crippen molar-refractivity contribution in [3.05, 3.63) is 11.1 Å². The fourth-order valence-corrected chi connectivity index (χ4v) is 1.81. The average Bonchev–Trinajstić information content (AvgIpc) is 2.06. The molecule has 1 amide bonds. The van der Waals surface area contributed by atoms with Crippen LogP contribution in [0.3, 0.4) is 0 Å².